The summed E-state index contributed by atoms with van der Waals surface area (Å²) in [4.78, 5) is 23.8. The summed E-state index contributed by atoms with van der Waals surface area (Å²) < 4.78 is 5.76. The number of ether oxygens (including phenoxy) is 1. The third-order valence-electron chi connectivity index (χ3n) is 3.93. The summed E-state index contributed by atoms with van der Waals surface area (Å²) in [5.41, 5.74) is 1.81. The van der Waals surface area contributed by atoms with E-state index in [0.717, 1.165) is 5.56 Å². The molecule has 5 nitrogen and oxygen atoms in total. The van der Waals surface area contributed by atoms with Gasteiger partial charge in [-0.3, -0.25) is 4.79 Å². The van der Waals surface area contributed by atoms with E-state index >= 15 is 0 Å². The van der Waals surface area contributed by atoms with E-state index in [2.05, 4.69) is 5.32 Å². The van der Waals surface area contributed by atoms with E-state index in [9.17, 15) is 14.7 Å². The van der Waals surface area contributed by atoms with Crippen molar-refractivity contribution in [3.8, 4) is 5.75 Å². The molecule has 0 aliphatic rings. The average molecular weight is 373 g/mol. The zero-order valence-electron chi connectivity index (χ0n) is 15.0. The molecule has 1 amide bonds. The molecule has 0 saturated carbocycles. The highest BCUT2D eigenvalue weighted by Crippen LogP contribution is 2.17. The van der Waals surface area contributed by atoms with Gasteiger partial charge < -0.3 is 15.2 Å². The molecule has 140 valence electrons. The first-order valence-electron chi connectivity index (χ1n) is 8.70. The van der Waals surface area contributed by atoms with Crippen molar-refractivity contribution in [1.82, 2.24) is 5.32 Å². The van der Waals surface area contributed by atoms with Crippen LogP contribution in [0.3, 0.4) is 0 Å². The summed E-state index contributed by atoms with van der Waals surface area (Å²) in [5, 5.41) is 11.9. The van der Waals surface area contributed by atoms with Crippen molar-refractivity contribution < 1.29 is 19.4 Å². The summed E-state index contributed by atoms with van der Waals surface area (Å²) in [7, 11) is 0. The molecule has 3 aromatic carbocycles. The Balaban J connectivity index is 1.73. The van der Waals surface area contributed by atoms with Crippen LogP contribution in [0.1, 0.15) is 21.5 Å². The van der Waals surface area contributed by atoms with Gasteiger partial charge in [0.05, 0.1) is 0 Å². The minimum absolute atomic E-state index is 0.214. The van der Waals surface area contributed by atoms with Gasteiger partial charge >= 0.3 is 5.97 Å². The number of carboxylic acid groups (broad SMARTS) is 1. The molecule has 0 spiro atoms. The van der Waals surface area contributed by atoms with Crippen LogP contribution in [0, 0.1) is 0 Å². The van der Waals surface area contributed by atoms with Gasteiger partial charge in [-0.2, -0.15) is 0 Å². The first kappa shape index (κ1) is 18.9. The maximum Gasteiger partial charge on any atom is 0.352 e. The maximum absolute atomic E-state index is 12.2. The number of nitrogens with one attached hydrogen (secondary N) is 1. The van der Waals surface area contributed by atoms with Crippen LogP contribution in [-0.4, -0.2) is 17.0 Å². The minimum atomic E-state index is -1.22. The summed E-state index contributed by atoms with van der Waals surface area (Å²) in [6, 6.07) is 25.2. The number of amides is 1. The number of carbonyl (C=O) groups is 2. The monoisotopic (exact) mass is 373 g/mol. The van der Waals surface area contributed by atoms with Crippen LogP contribution in [0.15, 0.2) is 90.6 Å². The van der Waals surface area contributed by atoms with Gasteiger partial charge in [0.1, 0.15) is 18.1 Å². The fourth-order valence-corrected chi connectivity index (χ4v) is 2.54. The number of benzene rings is 3. The molecular weight excluding hydrogens is 354 g/mol. The van der Waals surface area contributed by atoms with Crippen LogP contribution in [0.25, 0.3) is 6.08 Å². The molecule has 0 fully saturated rings. The molecule has 0 atom stereocenters. The van der Waals surface area contributed by atoms with E-state index in [0.29, 0.717) is 23.5 Å². The van der Waals surface area contributed by atoms with Crippen LogP contribution in [0.4, 0.5) is 0 Å². The third-order valence-corrected chi connectivity index (χ3v) is 3.93. The van der Waals surface area contributed by atoms with Crippen LogP contribution in [0.2, 0.25) is 0 Å². The zero-order valence-corrected chi connectivity index (χ0v) is 15.0. The topological polar surface area (TPSA) is 75.6 Å². The van der Waals surface area contributed by atoms with Crippen LogP contribution >= 0.6 is 0 Å². The van der Waals surface area contributed by atoms with E-state index < -0.39 is 11.9 Å². The van der Waals surface area contributed by atoms with Gasteiger partial charge in [-0.25, -0.2) is 4.79 Å². The summed E-state index contributed by atoms with van der Waals surface area (Å²) >= 11 is 0. The first-order chi connectivity index (χ1) is 13.6. The maximum atomic E-state index is 12.2. The minimum Gasteiger partial charge on any atom is -0.489 e. The Morgan fingerprint density at radius 2 is 1.57 bits per heavy atom. The SMILES string of the molecule is O=C(O)/C(=C\c1cccc(OCc2ccccc2)c1)NC(=O)c1ccccc1. The molecule has 0 heterocycles. The van der Waals surface area contributed by atoms with Crippen LogP contribution in [0.5, 0.6) is 5.75 Å². The van der Waals surface area contributed by atoms with Gasteiger partial charge in [0, 0.05) is 5.56 Å². The highest BCUT2D eigenvalue weighted by Gasteiger charge is 2.13. The van der Waals surface area contributed by atoms with E-state index in [1.54, 1.807) is 54.6 Å². The van der Waals surface area contributed by atoms with Gasteiger partial charge in [-0.1, -0.05) is 60.7 Å². The quantitative estimate of drug-likeness (QED) is 0.611. The van der Waals surface area contributed by atoms with E-state index in [1.807, 2.05) is 30.3 Å². The second-order valence-electron chi connectivity index (χ2n) is 6.03. The molecule has 0 radical (unpaired) electrons. The summed E-state index contributed by atoms with van der Waals surface area (Å²) in [6.07, 6.45) is 1.40. The van der Waals surface area contributed by atoms with Gasteiger partial charge in [0.2, 0.25) is 0 Å². The van der Waals surface area contributed by atoms with Crippen LogP contribution < -0.4 is 10.1 Å². The Bertz CT molecular complexity index is 982. The predicted molar refractivity (Wildman–Crippen MR) is 107 cm³/mol. The van der Waals surface area contributed by atoms with Crippen molar-refractivity contribution in [2.24, 2.45) is 0 Å². The smallest absolute Gasteiger partial charge is 0.352 e. The fourth-order valence-electron chi connectivity index (χ4n) is 2.54. The molecule has 28 heavy (non-hydrogen) atoms. The normalized spacial score (nSPS) is 10.9. The molecule has 0 bridgehead atoms. The van der Waals surface area contributed by atoms with Crippen molar-refractivity contribution >= 4 is 18.0 Å². The highest BCUT2D eigenvalue weighted by atomic mass is 16.5. The molecule has 2 N–H and O–H groups in total. The molecule has 0 aliphatic carbocycles. The number of hydrogen-bond donors (Lipinski definition) is 2. The number of aliphatic carboxylic acids is 1. The molecule has 0 saturated heterocycles. The Morgan fingerprint density at radius 1 is 0.893 bits per heavy atom. The number of carboxylic acids is 1. The predicted octanol–water partition coefficient (Wildman–Crippen LogP) is 4.12. The lowest BCUT2D eigenvalue weighted by Crippen LogP contribution is -2.27. The third kappa shape index (κ3) is 5.32. The van der Waals surface area contributed by atoms with Crippen molar-refractivity contribution in [3.05, 3.63) is 107 Å². The zero-order chi connectivity index (χ0) is 19.8. The molecule has 0 aliphatic heterocycles. The average Bonchev–Trinajstić information content (AvgIpc) is 2.73. The summed E-state index contributed by atoms with van der Waals surface area (Å²) in [6.45, 7) is 0.407. The van der Waals surface area contributed by atoms with Gasteiger partial charge in [0.25, 0.3) is 5.91 Å². The molecule has 3 aromatic rings. The largest absolute Gasteiger partial charge is 0.489 e. The van der Waals surface area contributed by atoms with Crippen molar-refractivity contribution in [3.63, 3.8) is 0 Å². The lowest BCUT2D eigenvalue weighted by Gasteiger charge is -2.08. The van der Waals surface area contributed by atoms with Crippen molar-refractivity contribution in [2.75, 3.05) is 0 Å². The van der Waals surface area contributed by atoms with Crippen molar-refractivity contribution in [1.29, 1.82) is 0 Å². The van der Waals surface area contributed by atoms with Gasteiger partial charge in [-0.05, 0) is 41.5 Å². The molecule has 0 unspecified atom stereocenters. The van der Waals surface area contributed by atoms with E-state index in [1.165, 1.54) is 6.08 Å². The number of rotatable bonds is 7. The Kier molecular flexibility index (Phi) is 6.21. The van der Waals surface area contributed by atoms with Gasteiger partial charge in [-0.15, -0.1) is 0 Å². The lowest BCUT2D eigenvalue weighted by molar-refractivity contribution is -0.132. The molecular formula is C23H19NO4. The highest BCUT2D eigenvalue weighted by molar-refractivity contribution is 6.02. The van der Waals surface area contributed by atoms with E-state index in [4.69, 9.17) is 4.74 Å². The second kappa shape index (κ2) is 9.19. The van der Waals surface area contributed by atoms with Crippen molar-refractivity contribution in [2.45, 2.75) is 6.61 Å². The number of hydrogen-bond acceptors (Lipinski definition) is 3. The molecule has 3 rings (SSSR count). The number of carbonyl (C=O) groups excluding carboxylic acids is 1. The Labute approximate surface area is 162 Å². The van der Waals surface area contributed by atoms with Gasteiger partial charge in [0.15, 0.2) is 0 Å². The standard InChI is InChI=1S/C23H19NO4/c25-22(19-11-5-2-6-12-19)24-21(23(26)27)15-18-10-7-13-20(14-18)28-16-17-8-3-1-4-9-17/h1-15H,16H2,(H,24,25)(H,26,27)/b21-15+. The summed E-state index contributed by atoms with van der Waals surface area (Å²) in [5.74, 6) is -1.10. The van der Waals surface area contributed by atoms with E-state index in [-0.39, 0.29) is 5.70 Å². The molecule has 0 aromatic heterocycles. The Morgan fingerprint density at radius 3 is 2.25 bits per heavy atom. The second-order valence-corrected chi connectivity index (χ2v) is 6.03. The lowest BCUT2D eigenvalue weighted by atomic mass is 10.1. The fraction of sp³-hybridized carbons (Fsp3) is 0.0435. The Hall–Kier alpha value is -3.86. The first-order valence-corrected chi connectivity index (χ1v) is 8.70. The van der Waals surface area contributed by atoms with Crippen LogP contribution in [-0.2, 0) is 11.4 Å². The molecule has 5 heteroatoms.